The van der Waals surface area contributed by atoms with E-state index in [1.54, 1.807) is 6.07 Å². The Balaban J connectivity index is 2.02. The number of carbonyl (C=O) groups excluding carboxylic acids is 1. The zero-order valence-corrected chi connectivity index (χ0v) is 17.5. The van der Waals surface area contributed by atoms with Gasteiger partial charge in [-0.3, -0.25) is 10.3 Å². The molecule has 0 spiro atoms. The van der Waals surface area contributed by atoms with Crippen molar-refractivity contribution in [3.05, 3.63) is 89.0 Å². The minimum Gasteiger partial charge on any atom is -0.468 e. The molecule has 1 atom stereocenters. The Kier molecular flexibility index (Phi) is 7.25. The van der Waals surface area contributed by atoms with E-state index in [9.17, 15) is 35.5 Å². The SMILES string of the molecule is COC(=O)C(NCc1cnccc1-c1ccccc1F)c1cc(C(F)(F)F)cc(C(F)(F)F)c1. The van der Waals surface area contributed by atoms with Gasteiger partial charge < -0.3 is 4.74 Å². The van der Waals surface area contributed by atoms with Gasteiger partial charge in [-0.2, -0.15) is 26.3 Å². The molecule has 1 N–H and O–H groups in total. The third-order valence-electron chi connectivity index (χ3n) is 4.94. The minimum atomic E-state index is -5.09. The predicted octanol–water partition coefficient (Wildman–Crippen LogP) is 5.93. The first-order valence-corrected chi connectivity index (χ1v) is 9.70. The third-order valence-corrected chi connectivity index (χ3v) is 4.94. The van der Waals surface area contributed by atoms with Crippen molar-refractivity contribution in [1.82, 2.24) is 10.3 Å². The Bertz CT molecular complexity index is 1140. The van der Waals surface area contributed by atoms with Gasteiger partial charge in [0.25, 0.3) is 0 Å². The Hall–Kier alpha value is -3.47. The molecule has 0 fully saturated rings. The molecule has 0 aliphatic heterocycles. The summed E-state index contributed by atoms with van der Waals surface area (Å²) in [5, 5.41) is 2.62. The highest BCUT2D eigenvalue weighted by molar-refractivity contribution is 5.78. The van der Waals surface area contributed by atoms with Gasteiger partial charge in [-0.25, -0.2) is 9.18 Å². The van der Waals surface area contributed by atoms with E-state index >= 15 is 0 Å². The molecule has 180 valence electrons. The van der Waals surface area contributed by atoms with Gasteiger partial charge in [0.05, 0.1) is 18.2 Å². The van der Waals surface area contributed by atoms with Crippen LogP contribution in [0.4, 0.5) is 30.7 Å². The van der Waals surface area contributed by atoms with Crippen molar-refractivity contribution in [3.63, 3.8) is 0 Å². The van der Waals surface area contributed by atoms with Crippen molar-refractivity contribution in [2.75, 3.05) is 7.11 Å². The number of alkyl halides is 6. The summed E-state index contributed by atoms with van der Waals surface area (Å²) < 4.78 is 98.5. The van der Waals surface area contributed by atoms with Crippen molar-refractivity contribution >= 4 is 5.97 Å². The Labute approximate surface area is 189 Å². The number of nitrogens with zero attached hydrogens (tertiary/aromatic N) is 1. The standard InChI is InChI=1S/C23H17F7N2O2/c1-34-21(33)20(13-8-15(22(25,26)27)10-16(9-13)23(28,29)30)32-12-14-11-31-7-6-17(14)18-4-2-3-5-19(18)24/h2-11,20,32H,12H2,1H3. The summed E-state index contributed by atoms with van der Waals surface area (Å²) in [6.07, 6.45) is -7.43. The van der Waals surface area contributed by atoms with Crippen molar-refractivity contribution in [2.24, 2.45) is 0 Å². The zero-order chi connectivity index (χ0) is 25.1. The van der Waals surface area contributed by atoms with Crippen LogP contribution in [-0.2, 0) is 28.4 Å². The maximum Gasteiger partial charge on any atom is 0.416 e. The van der Waals surface area contributed by atoms with Crippen LogP contribution < -0.4 is 5.32 Å². The molecule has 3 aromatic rings. The van der Waals surface area contributed by atoms with Gasteiger partial charge in [-0.15, -0.1) is 0 Å². The summed E-state index contributed by atoms with van der Waals surface area (Å²) in [5.74, 6) is -1.66. The van der Waals surface area contributed by atoms with E-state index in [1.165, 1.54) is 36.7 Å². The predicted molar refractivity (Wildman–Crippen MR) is 108 cm³/mol. The first-order valence-electron chi connectivity index (χ1n) is 9.70. The fraction of sp³-hybridized carbons (Fsp3) is 0.217. The minimum absolute atomic E-state index is 0.0325. The lowest BCUT2D eigenvalue weighted by Crippen LogP contribution is -2.30. The summed E-state index contributed by atoms with van der Waals surface area (Å²) in [6.45, 7) is -0.241. The lowest BCUT2D eigenvalue weighted by atomic mass is 9.98. The van der Waals surface area contributed by atoms with Crippen LogP contribution in [0.25, 0.3) is 11.1 Å². The number of pyridine rings is 1. The molecule has 0 aliphatic carbocycles. The second-order valence-electron chi connectivity index (χ2n) is 7.19. The molecule has 1 aromatic heterocycles. The number of hydrogen-bond donors (Lipinski definition) is 1. The van der Waals surface area contributed by atoms with Crippen LogP contribution >= 0.6 is 0 Å². The number of halogens is 7. The summed E-state index contributed by atoms with van der Waals surface area (Å²) in [5.41, 5.74) is -2.79. The van der Waals surface area contributed by atoms with Crippen LogP contribution in [-0.4, -0.2) is 18.1 Å². The van der Waals surface area contributed by atoms with Crippen LogP contribution in [0.2, 0.25) is 0 Å². The smallest absolute Gasteiger partial charge is 0.416 e. The average Bonchev–Trinajstić information content (AvgIpc) is 2.78. The molecule has 0 saturated carbocycles. The first-order chi connectivity index (χ1) is 15.9. The normalized spacial score (nSPS) is 12.9. The first kappa shape index (κ1) is 25.2. The Morgan fingerprint density at radius 2 is 1.59 bits per heavy atom. The molecule has 1 heterocycles. The summed E-state index contributed by atoms with van der Waals surface area (Å²) in [6, 6.07) is 6.48. The summed E-state index contributed by atoms with van der Waals surface area (Å²) in [7, 11) is 0.949. The van der Waals surface area contributed by atoms with E-state index < -0.39 is 46.9 Å². The fourth-order valence-electron chi connectivity index (χ4n) is 3.32. The lowest BCUT2D eigenvalue weighted by Gasteiger charge is -2.21. The molecular weight excluding hydrogens is 469 g/mol. The molecule has 11 heteroatoms. The quantitative estimate of drug-likeness (QED) is 0.347. The zero-order valence-electron chi connectivity index (χ0n) is 17.5. The molecule has 0 aliphatic rings. The summed E-state index contributed by atoms with van der Waals surface area (Å²) in [4.78, 5) is 16.3. The molecule has 3 rings (SSSR count). The molecular formula is C23H17F7N2O2. The van der Waals surface area contributed by atoms with Gasteiger partial charge in [0, 0.05) is 24.5 Å². The highest BCUT2D eigenvalue weighted by Gasteiger charge is 2.38. The highest BCUT2D eigenvalue weighted by Crippen LogP contribution is 2.38. The number of rotatable bonds is 6. The maximum absolute atomic E-state index is 14.3. The van der Waals surface area contributed by atoms with E-state index in [0.717, 1.165) is 7.11 Å². The number of aromatic nitrogens is 1. The maximum atomic E-state index is 14.3. The van der Waals surface area contributed by atoms with E-state index in [4.69, 9.17) is 0 Å². The van der Waals surface area contributed by atoms with Crippen LogP contribution in [0.3, 0.4) is 0 Å². The van der Waals surface area contributed by atoms with E-state index in [0.29, 0.717) is 23.3 Å². The Morgan fingerprint density at radius 3 is 2.15 bits per heavy atom. The molecule has 0 amide bonds. The van der Waals surface area contributed by atoms with Gasteiger partial charge in [-0.1, -0.05) is 18.2 Å². The molecule has 2 aromatic carbocycles. The van der Waals surface area contributed by atoms with Crippen molar-refractivity contribution in [1.29, 1.82) is 0 Å². The molecule has 0 bridgehead atoms. The summed E-state index contributed by atoms with van der Waals surface area (Å²) >= 11 is 0. The fourth-order valence-corrected chi connectivity index (χ4v) is 3.32. The van der Waals surface area contributed by atoms with Crippen molar-refractivity contribution < 1.29 is 40.3 Å². The van der Waals surface area contributed by atoms with E-state index in [2.05, 4.69) is 15.0 Å². The Morgan fingerprint density at radius 1 is 0.971 bits per heavy atom. The van der Waals surface area contributed by atoms with Crippen molar-refractivity contribution in [3.8, 4) is 11.1 Å². The molecule has 34 heavy (non-hydrogen) atoms. The van der Waals surface area contributed by atoms with Crippen LogP contribution in [0, 0.1) is 5.82 Å². The molecule has 4 nitrogen and oxygen atoms in total. The second kappa shape index (κ2) is 9.80. The highest BCUT2D eigenvalue weighted by atomic mass is 19.4. The number of ether oxygens (including phenoxy) is 1. The van der Waals surface area contributed by atoms with Crippen LogP contribution in [0.1, 0.15) is 28.3 Å². The van der Waals surface area contributed by atoms with Crippen molar-refractivity contribution in [2.45, 2.75) is 24.9 Å². The van der Waals surface area contributed by atoms with Gasteiger partial charge >= 0.3 is 18.3 Å². The van der Waals surface area contributed by atoms with Gasteiger partial charge in [-0.05, 0) is 47.0 Å². The lowest BCUT2D eigenvalue weighted by molar-refractivity contribution is -0.146. The van der Waals surface area contributed by atoms with E-state index in [-0.39, 0.29) is 18.2 Å². The van der Waals surface area contributed by atoms with Crippen LogP contribution in [0.5, 0.6) is 0 Å². The largest absolute Gasteiger partial charge is 0.468 e. The van der Waals surface area contributed by atoms with Crippen LogP contribution in [0.15, 0.2) is 60.9 Å². The number of hydrogen-bond acceptors (Lipinski definition) is 4. The molecule has 0 radical (unpaired) electrons. The number of esters is 1. The van der Waals surface area contributed by atoms with E-state index in [1.807, 2.05) is 0 Å². The number of nitrogens with one attached hydrogen (secondary N) is 1. The third kappa shape index (κ3) is 5.71. The topological polar surface area (TPSA) is 51.2 Å². The number of benzene rings is 2. The number of carbonyl (C=O) groups is 1. The van der Waals surface area contributed by atoms with Gasteiger partial charge in [0.2, 0.25) is 0 Å². The number of methoxy groups -OCH3 is 1. The molecule has 1 unspecified atom stereocenters. The average molecular weight is 486 g/mol. The second-order valence-corrected chi connectivity index (χ2v) is 7.19. The molecule has 0 saturated heterocycles. The van der Waals surface area contributed by atoms with Gasteiger partial charge in [0.1, 0.15) is 11.9 Å². The van der Waals surface area contributed by atoms with Gasteiger partial charge in [0.15, 0.2) is 0 Å². The monoisotopic (exact) mass is 486 g/mol.